The number of rotatable bonds is 2. The zero-order valence-electron chi connectivity index (χ0n) is 8.77. The van der Waals surface area contributed by atoms with Gasteiger partial charge in [0.15, 0.2) is 0 Å². The number of fused-ring (bicyclic) bond motifs is 1. The van der Waals surface area contributed by atoms with Gasteiger partial charge in [0.1, 0.15) is 0 Å². The Morgan fingerprint density at radius 3 is 3.00 bits per heavy atom. The number of nitrogens with zero attached hydrogens (tertiary/aromatic N) is 2. The fraction of sp³-hybridized carbons (Fsp3) is 0.273. The molecule has 0 saturated carbocycles. The lowest BCUT2D eigenvalue weighted by Gasteiger charge is -2.09. The number of nitrogens with one attached hydrogen (secondary N) is 1. The van der Waals surface area contributed by atoms with Crippen LogP contribution in [-0.2, 0) is 0 Å². The summed E-state index contributed by atoms with van der Waals surface area (Å²) in [5, 5.41) is 17.8. The lowest BCUT2D eigenvalue weighted by atomic mass is 10.2. The Kier molecular flexibility index (Phi) is 2.50. The highest BCUT2D eigenvalue weighted by molar-refractivity contribution is 5.77. The van der Waals surface area contributed by atoms with Gasteiger partial charge in [-0.05, 0) is 25.1 Å². The number of imidazole rings is 1. The van der Waals surface area contributed by atoms with Crippen LogP contribution in [-0.4, -0.2) is 21.3 Å². The third-order valence-electron chi connectivity index (χ3n) is 2.55. The summed E-state index contributed by atoms with van der Waals surface area (Å²) in [6.45, 7) is 1.65. The summed E-state index contributed by atoms with van der Waals surface area (Å²) in [5.74, 6) is 0. The summed E-state index contributed by atoms with van der Waals surface area (Å²) < 4.78 is 1.48. The number of aliphatic hydroxyl groups excluding tert-OH is 1. The fourth-order valence-corrected chi connectivity index (χ4v) is 1.72. The summed E-state index contributed by atoms with van der Waals surface area (Å²) in [4.78, 5) is 14.3. The van der Waals surface area contributed by atoms with E-state index in [1.54, 1.807) is 25.1 Å². The molecular formula is C11H11N3O2. The van der Waals surface area contributed by atoms with Gasteiger partial charge in [-0.2, -0.15) is 5.26 Å². The van der Waals surface area contributed by atoms with Crippen molar-refractivity contribution < 1.29 is 5.11 Å². The second-order valence-corrected chi connectivity index (χ2v) is 3.68. The van der Waals surface area contributed by atoms with Crippen molar-refractivity contribution in [3.8, 4) is 6.07 Å². The number of aromatic nitrogens is 2. The predicted molar refractivity (Wildman–Crippen MR) is 59.1 cm³/mol. The Labute approximate surface area is 91.6 Å². The minimum atomic E-state index is -0.283. The summed E-state index contributed by atoms with van der Waals surface area (Å²) >= 11 is 0. The van der Waals surface area contributed by atoms with Gasteiger partial charge in [0.25, 0.3) is 0 Å². The number of H-pyrrole nitrogens is 1. The highest BCUT2D eigenvalue weighted by Gasteiger charge is 2.12. The maximum atomic E-state index is 11.7. The quantitative estimate of drug-likeness (QED) is 0.778. The first-order chi connectivity index (χ1) is 7.67. The van der Waals surface area contributed by atoms with Gasteiger partial charge < -0.3 is 10.1 Å². The van der Waals surface area contributed by atoms with Crippen molar-refractivity contribution in [2.45, 2.75) is 13.0 Å². The van der Waals surface area contributed by atoms with Crippen molar-refractivity contribution in [1.29, 1.82) is 5.26 Å². The molecule has 0 aliphatic rings. The first-order valence-electron chi connectivity index (χ1n) is 4.92. The molecule has 1 atom stereocenters. The largest absolute Gasteiger partial charge is 0.394 e. The van der Waals surface area contributed by atoms with Crippen LogP contribution < -0.4 is 5.69 Å². The molecule has 5 heteroatoms. The molecule has 0 radical (unpaired) electrons. The van der Waals surface area contributed by atoms with Crippen molar-refractivity contribution in [2.24, 2.45) is 0 Å². The molecule has 1 heterocycles. The van der Waals surface area contributed by atoms with Crippen molar-refractivity contribution in [1.82, 2.24) is 9.55 Å². The van der Waals surface area contributed by atoms with Gasteiger partial charge in [-0.15, -0.1) is 0 Å². The van der Waals surface area contributed by atoms with Crippen molar-refractivity contribution in [3.63, 3.8) is 0 Å². The summed E-state index contributed by atoms with van der Waals surface area (Å²) in [5.41, 5.74) is 1.54. The SMILES string of the molecule is C[C@@H](CO)n1c(=O)[nH]c2cc(C#N)ccc21. The monoisotopic (exact) mass is 217 g/mol. The predicted octanol–water partition coefficient (Wildman–Crippen LogP) is 0.755. The van der Waals surface area contributed by atoms with E-state index in [2.05, 4.69) is 4.98 Å². The maximum absolute atomic E-state index is 11.7. The van der Waals surface area contributed by atoms with Crippen LogP contribution in [0.2, 0.25) is 0 Å². The van der Waals surface area contributed by atoms with Crippen LogP contribution >= 0.6 is 0 Å². The standard InChI is InChI=1S/C11H11N3O2/c1-7(6-15)14-10-3-2-8(5-12)4-9(10)13-11(14)16/h2-4,7,15H,6H2,1H3,(H,13,16)/t7-/m0/s1. The molecule has 1 aromatic heterocycles. The van der Waals surface area contributed by atoms with Crippen LogP contribution in [0.3, 0.4) is 0 Å². The molecular weight excluding hydrogens is 206 g/mol. The molecule has 1 aromatic carbocycles. The van der Waals surface area contributed by atoms with Gasteiger partial charge in [0.05, 0.1) is 35.3 Å². The van der Waals surface area contributed by atoms with Crippen molar-refractivity contribution in [3.05, 3.63) is 34.2 Å². The Hall–Kier alpha value is -2.06. The maximum Gasteiger partial charge on any atom is 0.326 e. The van der Waals surface area contributed by atoms with Gasteiger partial charge >= 0.3 is 5.69 Å². The first-order valence-corrected chi connectivity index (χ1v) is 4.92. The van der Waals surface area contributed by atoms with E-state index in [4.69, 9.17) is 10.4 Å². The molecule has 0 saturated heterocycles. The van der Waals surface area contributed by atoms with E-state index in [0.717, 1.165) is 0 Å². The third-order valence-corrected chi connectivity index (χ3v) is 2.55. The molecule has 0 unspecified atom stereocenters. The van der Waals surface area contributed by atoms with Gasteiger partial charge in [0.2, 0.25) is 0 Å². The molecule has 0 spiro atoms. The molecule has 82 valence electrons. The number of hydrogen-bond donors (Lipinski definition) is 2. The minimum absolute atomic E-state index is 0.104. The van der Waals surface area contributed by atoms with Crippen molar-refractivity contribution >= 4 is 11.0 Å². The van der Waals surface area contributed by atoms with Crippen LogP contribution in [0.25, 0.3) is 11.0 Å². The van der Waals surface area contributed by atoms with E-state index in [1.807, 2.05) is 6.07 Å². The van der Waals surface area contributed by atoms with E-state index in [1.165, 1.54) is 4.57 Å². The van der Waals surface area contributed by atoms with E-state index in [-0.39, 0.29) is 18.3 Å². The zero-order chi connectivity index (χ0) is 11.7. The molecule has 0 amide bonds. The topological polar surface area (TPSA) is 81.8 Å². The van der Waals surface area contributed by atoms with E-state index >= 15 is 0 Å². The second-order valence-electron chi connectivity index (χ2n) is 3.68. The number of aromatic amines is 1. The van der Waals surface area contributed by atoms with Crippen LogP contribution in [0, 0.1) is 11.3 Å². The van der Waals surface area contributed by atoms with Gasteiger partial charge in [0, 0.05) is 0 Å². The van der Waals surface area contributed by atoms with Crippen LogP contribution in [0.4, 0.5) is 0 Å². The van der Waals surface area contributed by atoms with Gasteiger partial charge in [-0.3, -0.25) is 4.57 Å². The number of aliphatic hydroxyl groups is 1. The smallest absolute Gasteiger partial charge is 0.326 e. The molecule has 0 fully saturated rings. The Balaban J connectivity index is 2.73. The van der Waals surface area contributed by atoms with Gasteiger partial charge in [-0.1, -0.05) is 0 Å². The van der Waals surface area contributed by atoms with E-state index in [0.29, 0.717) is 16.6 Å². The van der Waals surface area contributed by atoms with E-state index < -0.39 is 0 Å². The van der Waals surface area contributed by atoms with Gasteiger partial charge in [-0.25, -0.2) is 4.79 Å². The lowest BCUT2D eigenvalue weighted by molar-refractivity contribution is 0.239. The average molecular weight is 217 g/mol. The van der Waals surface area contributed by atoms with Crippen LogP contribution in [0.15, 0.2) is 23.0 Å². The van der Waals surface area contributed by atoms with E-state index in [9.17, 15) is 4.79 Å². The average Bonchev–Trinajstić information content (AvgIpc) is 2.62. The molecule has 5 nitrogen and oxygen atoms in total. The highest BCUT2D eigenvalue weighted by atomic mass is 16.3. The molecule has 0 bridgehead atoms. The molecule has 0 aliphatic carbocycles. The first kappa shape index (κ1) is 10.5. The minimum Gasteiger partial charge on any atom is -0.394 e. The number of benzene rings is 1. The molecule has 2 rings (SSSR count). The number of hydrogen-bond acceptors (Lipinski definition) is 3. The Bertz CT molecular complexity index is 618. The molecule has 16 heavy (non-hydrogen) atoms. The summed E-state index contributed by atoms with van der Waals surface area (Å²) in [6.07, 6.45) is 0. The Morgan fingerprint density at radius 1 is 1.62 bits per heavy atom. The van der Waals surface area contributed by atoms with Crippen molar-refractivity contribution in [2.75, 3.05) is 6.61 Å². The van der Waals surface area contributed by atoms with Crippen LogP contribution in [0.1, 0.15) is 18.5 Å². The summed E-state index contributed by atoms with van der Waals surface area (Å²) in [6, 6.07) is 6.70. The lowest BCUT2D eigenvalue weighted by Crippen LogP contribution is -2.22. The summed E-state index contributed by atoms with van der Waals surface area (Å²) in [7, 11) is 0. The Morgan fingerprint density at radius 2 is 2.38 bits per heavy atom. The zero-order valence-corrected chi connectivity index (χ0v) is 8.77. The highest BCUT2D eigenvalue weighted by Crippen LogP contribution is 2.15. The fourth-order valence-electron chi connectivity index (χ4n) is 1.72. The molecule has 2 N–H and O–H groups in total. The second kappa shape index (κ2) is 3.83. The normalized spacial score (nSPS) is 12.6. The third kappa shape index (κ3) is 1.49. The molecule has 0 aliphatic heterocycles. The van der Waals surface area contributed by atoms with Crippen LogP contribution in [0.5, 0.6) is 0 Å². The number of nitriles is 1. The molecule has 2 aromatic rings.